The number of nitrogens with one attached hydrogen (secondary N) is 1. The highest BCUT2D eigenvalue weighted by Gasteiger charge is 2.32. The van der Waals surface area contributed by atoms with Crippen molar-refractivity contribution in [3.05, 3.63) is 64.7 Å². The Hall–Kier alpha value is -2.14. The number of amides is 1. The molecule has 2 aromatic carbocycles. The minimum atomic E-state index is -4.53. The fourth-order valence-corrected chi connectivity index (χ4v) is 5.21. The minimum Gasteiger partial charge on any atom is -0.348 e. The van der Waals surface area contributed by atoms with Crippen molar-refractivity contribution in [1.29, 1.82) is 0 Å². The quantitative estimate of drug-likeness (QED) is 0.674. The summed E-state index contributed by atoms with van der Waals surface area (Å²) in [7, 11) is -3.91. The molecule has 0 bridgehead atoms. The number of hydrogen-bond donors (Lipinski definition) is 1. The van der Waals surface area contributed by atoms with Gasteiger partial charge in [0.1, 0.15) is 0 Å². The van der Waals surface area contributed by atoms with Gasteiger partial charge in [-0.05, 0) is 42.8 Å². The van der Waals surface area contributed by atoms with Crippen LogP contribution < -0.4 is 5.32 Å². The van der Waals surface area contributed by atoms with E-state index in [2.05, 4.69) is 5.32 Å². The Balaban J connectivity index is 1.54. The van der Waals surface area contributed by atoms with Crippen molar-refractivity contribution in [2.45, 2.75) is 24.0 Å². The SMILES string of the molecule is CC(NC(=O)CN1CCN(S(=O)(=O)c2ccc(C(F)(F)F)cc2)CC1)c1ccccc1Cl. The molecule has 0 aliphatic carbocycles. The summed E-state index contributed by atoms with van der Waals surface area (Å²) in [5.74, 6) is -0.212. The van der Waals surface area contributed by atoms with E-state index in [1.54, 1.807) is 12.1 Å². The van der Waals surface area contributed by atoms with Gasteiger partial charge < -0.3 is 5.32 Å². The molecule has 0 aromatic heterocycles. The van der Waals surface area contributed by atoms with E-state index >= 15 is 0 Å². The number of alkyl halides is 3. The highest BCUT2D eigenvalue weighted by Crippen LogP contribution is 2.30. The monoisotopic (exact) mass is 489 g/mol. The summed E-state index contributed by atoms with van der Waals surface area (Å²) in [5.41, 5.74) is -0.103. The summed E-state index contributed by atoms with van der Waals surface area (Å²) >= 11 is 6.15. The minimum absolute atomic E-state index is 0.100. The molecular weight excluding hydrogens is 467 g/mol. The zero-order valence-corrected chi connectivity index (χ0v) is 18.8. The van der Waals surface area contributed by atoms with E-state index in [-0.39, 0.29) is 36.5 Å². The normalized spacial score (nSPS) is 17.2. The van der Waals surface area contributed by atoms with Crippen molar-refractivity contribution in [2.75, 3.05) is 32.7 Å². The molecular formula is C21H23ClF3N3O3S. The van der Waals surface area contributed by atoms with Gasteiger partial charge in [0.2, 0.25) is 15.9 Å². The van der Waals surface area contributed by atoms with Gasteiger partial charge in [-0.25, -0.2) is 8.42 Å². The van der Waals surface area contributed by atoms with E-state index in [0.717, 1.165) is 29.8 Å². The second kappa shape index (κ2) is 9.78. The van der Waals surface area contributed by atoms with Gasteiger partial charge in [-0.3, -0.25) is 9.69 Å². The van der Waals surface area contributed by atoms with E-state index in [1.807, 2.05) is 24.0 Å². The molecule has 1 fully saturated rings. The van der Waals surface area contributed by atoms with Crippen LogP contribution >= 0.6 is 11.6 Å². The van der Waals surface area contributed by atoms with Gasteiger partial charge in [0.05, 0.1) is 23.0 Å². The number of nitrogens with zero attached hydrogens (tertiary/aromatic N) is 2. The molecule has 0 radical (unpaired) electrons. The van der Waals surface area contributed by atoms with Crippen molar-refractivity contribution in [3.8, 4) is 0 Å². The predicted octanol–water partition coefficient (Wildman–Crippen LogP) is 3.54. The third kappa shape index (κ3) is 5.80. The van der Waals surface area contributed by atoms with Gasteiger partial charge in [0.25, 0.3) is 0 Å². The molecule has 3 rings (SSSR count). The maximum atomic E-state index is 12.7. The van der Waals surface area contributed by atoms with E-state index in [4.69, 9.17) is 11.6 Å². The zero-order chi connectivity index (χ0) is 23.5. The first kappa shape index (κ1) is 24.5. The third-order valence-electron chi connectivity index (χ3n) is 5.27. The lowest BCUT2D eigenvalue weighted by molar-refractivity contribution is -0.137. The second-order valence-corrected chi connectivity index (χ2v) is 9.86. The third-order valence-corrected chi connectivity index (χ3v) is 7.52. The van der Waals surface area contributed by atoms with Crippen LogP contribution in [0.4, 0.5) is 13.2 Å². The summed E-state index contributed by atoms with van der Waals surface area (Å²) in [6.45, 7) is 2.85. The number of carbonyl (C=O) groups is 1. The maximum absolute atomic E-state index is 12.7. The van der Waals surface area contributed by atoms with Crippen molar-refractivity contribution < 1.29 is 26.4 Å². The molecule has 0 saturated carbocycles. The lowest BCUT2D eigenvalue weighted by Crippen LogP contribution is -2.51. The summed E-state index contributed by atoms with van der Waals surface area (Å²) in [6, 6.07) is 10.4. The zero-order valence-electron chi connectivity index (χ0n) is 17.3. The van der Waals surface area contributed by atoms with Crippen LogP contribution in [0, 0.1) is 0 Å². The van der Waals surface area contributed by atoms with Gasteiger partial charge in [-0.1, -0.05) is 29.8 Å². The molecule has 1 aliphatic rings. The largest absolute Gasteiger partial charge is 0.416 e. The van der Waals surface area contributed by atoms with Crippen molar-refractivity contribution in [3.63, 3.8) is 0 Å². The molecule has 2 aromatic rings. The Morgan fingerprint density at radius 1 is 1.06 bits per heavy atom. The average Bonchev–Trinajstić information content (AvgIpc) is 2.73. The fourth-order valence-electron chi connectivity index (χ4n) is 3.49. The smallest absolute Gasteiger partial charge is 0.348 e. The molecule has 1 saturated heterocycles. The average molecular weight is 490 g/mol. The maximum Gasteiger partial charge on any atom is 0.416 e. The molecule has 1 N–H and O–H groups in total. The summed E-state index contributed by atoms with van der Waals surface area (Å²) in [5, 5.41) is 3.44. The van der Waals surface area contributed by atoms with E-state index in [9.17, 15) is 26.4 Å². The first-order valence-corrected chi connectivity index (χ1v) is 11.7. The Kier molecular flexibility index (Phi) is 7.49. The molecule has 6 nitrogen and oxygen atoms in total. The number of rotatable bonds is 6. The number of hydrogen-bond acceptors (Lipinski definition) is 4. The molecule has 1 heterocycles. The Morgan fingerprint density at radius 2 is 1.66 bits per heavy atom. The number of halogens is 4. The molecule has 1 atom stereocenters. The lowest BCUT2D eigenvalue weighted by atomic mass is 10.1. The fraction of sp³-hybridized carbons (Fsp3) is 0.381. The molecule has 174 valence electrons. The van der Waals surface area contributed by atoms with Crippen LogP contribution in [-0.2, 0) is 21.0 Å². The topological polar surface area (TPSA) is 69.7 Å². The second-order valence-electron chi connectivity index (χ2n) is 7.51. The van der Waals surface area contributed by atoms with Crippen LogP contribution in [0.5, 0.6) is 0 Å². The van der Waals surface area contributed by atoms with Crippen LogP contribution in [0.1, 0.15) is 24.1 Å². The van der Waals surface area contributed by atoms with Crippen molar-refractivity contribution in [2.24, 2.45) is 0 Å². The Morgan fingerprint density at radius 3 is 2.22 bits per heavy atom. The van der Waals surface area contributed by atoms with E-state index < -0.39 is 21.8 Å². The molecule has 11 heteroatoms. The van der Waals surface area contributed by atoms with Crippen LogP contribution in [-0.4, -0.2) is 56.3 Å². The molecule has 0 spiro atoms. The Bertz CT molecular complexity index is 1050. The summed E-state index contributed by atoms with van der Waals surface area (Å²) < 4.78 is 64.8. The van der Waals surface area contributed by atoms with Crippen molar-refractivity contribution in [1.82, 2.24) is 14.5 Å². The summed E-state index contributed by atoms with van der Waals surface area (Å²) in [4.78, 5) is 14.0. The first-order chi connectivity index (χ1) is 15.0. The first-order valence-electron chi connectivity index (χ1n) is 9.92. The van der Waals surface area contributed by atoms with Crippen LogP contribution in [0.15, 0.2) is 53.4 Å². The van der Waals surface area contributed by atoms with E-state index in [1.165, 1.54) is 4.31 Å². The Labute approximate surface area is 190 Å². The number of carbonyl (C=O) groups excluding carboxylic acids is 1. The lowest BCUT2D eigenvalue weighted by Gasteiger charge is -2.33. The highest BCUT2D eigenvalue weighted by atomic mass is 35.5. The van der Waals surface area contributed by atoms with E-state index in [0.29, 0.717) is 18.1 Å². The van der Waals surface area contributed by atoms with Gasteiger partial charge in [-0.2, -0.15) is 17.5 Å². The highest BCUT2D eigenvalue weighted by molar-refractivity contribution is 7.89. The van der Waals surface area contributed by atoms with Gasteiger partial charge in [0.15, 0.2) is 0 Å². The van der Waals surface area contributed by atoms with Gasteiger partial charge in [-0.15, -0.1) is 0 Å². The van der Waals surface area contributed by atoms with Crippen LogP contribution in [0.3, 0.4) is 0 Å². The molecule has 1 aliphatic heterocycles. The predicted molar refractivity (Wildman–Crippen MR) is 115 cm³/mol. The number of piperazine rings is 1. The molecule has 1 amide bonds. The number of benzene rings is 2. The molecule has 1 unspecified atom stereocenters. The van der Waals surface area contributed by atoms with Crippen molar-refractivity contribution >= 4 is 27.5 Å². The van der Waals surface area contributed by atoms with Crippen LogP contribution in [0.2, 0.25) is 5.02 Å². The van der Waals surface area contributed by atoms with Crippen LogP contribution in [0.25, 0.3) is 0 Å². The van der Waals surface area contributed by atoms with Gasteiger partial charge in [0, 0.05) is 31.2 Å². The standard InChI is InChI=1S/C21H23ClF3N3O3S/c1-15(18-4-2-3-5-19(18)22)26-20(29)14-27-10-12-28(13-11-27)32(30,31)17-8-6-16(7-9-17)21(23,24)25/h2-9,15H,10-14H2,1H3,(H,26,29). The summed E-state index contributed by atoms with van der Waals surface area (Å²) in [6.07, 6.45) is -4.53. The van der Waals surface area contributed by atoms with Gasteiger partial charge >= 0.3 is 6.18 Å². The molecule has 32 heavy (non-hydrogen) atoms. The number of sulfonamides is 1.